The van der Waals surface area contributed by atoms with Crippen molar-refractivity contribution in [3.63, 3.8) is 0 Å². The Morgan fingerprint density at radius 2 is 1.75 bits per heavy atom. The third-order valence-corrected chi connectivity index (χ3v) is 4.86. The van der Waals surface area contributed by atoms with Gasteiger partial charge >= 0.3 is 0 Å². The van der Waals surface area contributed by atoms with Crippen molar-refractivity contribution in [1.29, 1.82) is 0 Å². The van der Waals surface area contributed by atoms with E-state index in [2.05, 4.69) is 25.3 Å². The van der Waals surface area contributed by atoms with Crippen LogP contribution in [0.25, 0.3) is 28.0 Å². The molecule has 0 aliphatic heterocycles. The molecule has 4 aromatic heterocycles. The van der Waals surface area contributed by atoms with Crippen LogP contribution in [0.15, 0.2) is 55.1 Å². The number of hydrogen-bond acceptors (Lipinski definition) is 5. The zero-order chi connectivity index (χ0) is 22.2. The van der Waals surface area contributed by atoms with Crippen LogP contribution in [-0.4, -0.2) is 42.0 Å². The summed E-state index contributed by atoms with van der Waals surface area (Å²) in [6.07, 6.45) is 3.91. The molecular weight excluding hydrogens is 426 g/mol. The molecule has 11 heteroatoms. The Hall–Kier alpha value is -4.02. The van der Waals surface area contributed by atoms with Crippen LogP contribution in [0.1, 0.15) is 5.56 Å². The maximum Gasteiger partial charge on any atom is 0.255 e. The second kappa shape index (κ2) is 7.91. The molecule has 5 aromatic rings. The highest BCUT2D eigenvalue weighted by Crippen LogP contribution is 2.25. The first-order chi connectivity index (χ1) is 15.5. The van der Waals surface area contributed by atoms with Crippen LogP contribution in [0.3, 0.4) is 0 Å². The molecule has 0 aliphatic rings. The molecule has 0 atom stereocenters. The van der Waals surface area contributed by atoms with E-state index in [1.165, 1.54) is 12.1 Å². The average molecular weight is 441 g/mol. The molecule has 1 N–H and O–H groups in total. The Kier molecular flexibility index (Phi) is 4.92. The van der Waals surface area contributed by atoms with Crippen LogP contribution in [-0.2, 0) is 6.54 Å². The van der Waals surface area contributed by atoms with Crippen LogP contribution in [0.2, 0.25) is 0 Å². The number of benzene rings is 1. The number of pyridine rings is 1. The Balaban J connectivity index is 1.64. The summed E-state index contributed by atoms with van der Waals surface area (Å²) >= 11 is 0. The van der Waals surface area contributed by atoms with Crippen molar-refractivity contribution in [2.45, 2.75) is 13.0 Å². The van der Waals surface area contributed by atoms with E-state index >= 15 is 0 Å². The highest BCUT2D eigenvalue weighted by Gasteiger charge is 2.16. The lowest BCUT2D eigenvalue weighted by Crippen LogP contribution is -2.15. The predicted octanol–water partition coefficient (Wildman–Crippen LogP) is 4.17. The van der Waals surface area contributed by atoms with Gasteiger partial charge in [0.2, 0.25) is 5.95 Å². The van der Waals surface area contributed by atoms with Crippen molar-refractivity contribution < 1.29 is 17.6 Å². The molecule has 0 unspecified atom stereocenters. The third-order valence-electron chi connectivity index (χ3n) is 4.86. The van der Waals surface area contributed by atoms with E-state index in [1.807, 2.05) is 0 Å². The minimum atomic E-state index is -2.61. The second-order valence-corrected chi connectivity index (χ2v) is 7.06. The Labute approximate surface area is 178 Å². The van der Waals surface area contributed by atoms with Crippen LogP contribution >= 0.6 is 0 Å². The van der Waals surface area contributed by atoms with Gasteiger partial charge in [-0.2, -0.15) is 4.98 Å². The minimum absolute atomic E-state index is 0.00584. The van der Waals surface area contributed by atoms with Crippen LogP contribution < -0.4 is 5.32 Å². The molecule has 0 amide bonds. The van der Waals surface area contributed by atoms with E-state index < -0.39 is 24.6 Å². The van der Waals surface area contributed by atoms with Crippen molar-refractivity contribution in [1.82, 2.24) is 29.1 Å². The molecule has 5 rings (SSSR count). The summed E-state index contributed by atoms with van der Waals surface area (Å²) in [5.41, 5.74) is 3.04. The number of imidazole rings is 1. The van der Waals surface area contributed by atoms with Gasteiger partial charge in [-0.1, -0.05) is 0 Å². The fraction of sp³-hybridized carbons (Fsp3) is 0.143. The summed E-state index contributed by atoms with van der Waals surface area (Å²) in [6, 6.07) is 6.68. The summed E-state index contributed by atoms with van der Waals surface area (Å²) < 4.78 is 56.4. The molecular formula is C21H15F4N7. The van der Waals surface area contributed by atoms with Crippen LogP contribution in [0, 0.1) is 11.6 Å². The van der Waals surface area contributed by atoms with Crippen LogP contribution in [0.5, 0.6) is 0 Å². The zero-order valence-corrected chi connectivity index (χ0v) is 16.4. The molecule has 7 nitrogen and oxygen atoms in total. The molecule has 0 spiro atoms. The van der Waals surface area contributed by atoms with Gasteiger partial charge in [-0.05, 0) is 29.8 Å². The first-order valence-corrected chi connectivity index (χ1v) is 9.59. The second-order valence-electron chi connectivity index (χ2n) is 7.06. The van der Waals surface area contributed by atoms with Crippen molar-refractivity contribution in [3.8, 4) is 5.69 Å². The normalized spacial score (nSPS) is 11.7. The lowest BCUT2D eigenvalue weighted by atomic mass is 10.2. The Morgan fingerprint density at radius 1 is 0.969 bits per heavy atom. The number of halogens is 4. The van der Waals surface area contributed by atoms with E-state index in [0.29, 0.717) is 33.6 Å². The first kappa shape index (κ1) is 19.9. The van der Waals surface area contributed by atoms with Crippen LogP contribution in [0.4, 0.5) is 23.5 Å². The quantitative estimate of drug-likeness (QED) is 0.401. The fourth-order valence-electron chi connectivity index (χ4n) is 3.54. The summed E-state index contributed by atoms with van der Waals surface area (Å²) in [5, 5.41) is 2.58. The van der Waals surface area contributed by atoms with Gasteiger partial charge in [0.25, 0.3) is 6.43 Å². The highest BCUT2D eigenvalue weighted by molar-refractivity contribution is 5.79. The standard InChI is InChI=1S/C21H15F4N7/c22-13-5-12(6-14(23)7-13)11-32-17-8-15(31-4-1-16-20(31)27-3-2-26-16)9-28-19(17)30-21(32)29-10-18(24)25/h1-9,18H,10-11H2,(H,28,29,30). The molecule has 0 radical (unpaired) electrons. The van der Waals surface area contributed by atoms with Crippen molar-refractivity contribution in [3.05, 3.63) is 72.3 Å². The summed E-state index contributed by atoms with van der Waals surface area (Å²) in [7, 11) is 0. The molecule has 4 heterocycles. The molecule has 0 aliphatic carbocycles. The lowest BCUT2D eigenvalue weighted by molar-refractivity contribution is 0.163. The topological polar surface area (TPSA) is 73.5 Å². The highest BCUT2D eigenvalue weighted by atomic mass is 19.3. The van der Waals surface area contributed by atoms with Gasteiger partial charge in [0, 0.05) is 24.7 Å². The van der Waals surface area contributed by atoms with Gasteiger partial charge in [-0.15, -0.1) is 0 Å². The van der Waals surface area contributed by atoms with Gasteiger partial charge in [0.05, 0.1) is 30.5 Å². The Morgan fingerprint density at radius 3 is 2.53 bits per heavy atom. The van der Waals surface area contributed by atoms with E-state index in [0.717, 1.165) is 6.07 Å². The first-order valence-electron chi connectivity index (χ1n) is 9.59. The van der Waals surface area contributed by atoms with E-state index in [9.17, 15) is 17.6 Å². The number of rotatable bonds is 6. The van der Waals surface area contributed by atoms with Crippen molar-refractivity contribution in [2.75, 3.05) is 11.9 Å². The molecule has 32 heavy (non-hydrogen) atoms. The number of alkyl halides is 2. The largest absolute Gasteiger partial charge is 0.350 e. The van der Waals surface area contributed by atoms with E-state index in [-0.39, 0.29) is 12.5 Å². The molecule has 0 saturated heterocycles. The van der Waals surface area contributed by atoms with E-state index in [4.69, 9.17) is 0 Å². The van der Waals surface area contributed by atoms with Gasteiger partial charge in [0.1, 0.15) is 17.2 Å². The maximum absolute atomic E-state index is 13.7. The Bertz CT molecular complexity index is 1410. The van der Waals surface area contributed by atoms with Crippen molar-refractivity contribution >= 4 is 28.3 Å². The number of nitrogens with one attached hydrogen (secondary N) is 1. The molecule has 0 bridgehead atoms. The predicted molar refractivity (Wildman–Crippen MR) is 110 cm³/mol. The maximum atomic E-state index is 13.7. The third kappa shape index (κ3) is 3.72. The summed E-state index contributed by atoms with van der Waals surface area (Å²) in [4.78, 5) is 17.2. The zero-order valence-electron chi connectivity index (χ0n) is 16.4. The van der Waals surface area contributed by atoms with E-state index in [1.54, 1.807) is 46.1 Å². The number of anilines is 1. The summed E-state index contributed by atoms with van der Waals surface area (Å²) in [6.45, 7) is -0.639. The van der Waals surface area contributed by atoms with Gasteiger partial charge in [-0.3, -0.25) is 9.55 Å². The van der Waals surface area contributed by atoms with Crippen molar-refractivity contribution in [2.24, 2.45) is 0 Å². The lowest BCUT2D eigenvalue weighted by Gasteiger charge is -2.12. The molecule has 0 fully saturated rings. The number of hydrogen-bond donors (Lipinski definition) is 1. The number of nitrogens with zero attached hydrogens (tertiary/aromatic N) is 6. The number of fused-ring (bicyclic) bond motifs is 2. The van der Waals surface area contributed by atoms with Gasteiger partial charge in [0.15, 0.2) is 11.3 Å². The van der Waals surface area contributed by atoms with Gasteiger partial charge in [-0.25, -0.2) is 27.5 Å². The minimum Gasteiger partial charge on any atom is -0.350 e. The SMILES string of the molecule is Fc1cc(F)cc(Cn2c(NCC(F)F)nc3ncc(-n4ccc5nccnc54)cc32)c1. The number of aromatic nitrogens is 6. The molecule has 1 aromatic carbocycles. The van der Waals surface area contributed by atoms with Gasteiger partial charge < -0.3 is 9.88 Å². The average Bonchev–Trinajstić information content (AvgIpc) is 3.33. The molecule has 0 saturated carbocycles. The monoisotopic (exact) mass is 441 g/mol. The molecule has 162 valence electrons. The smallest absolute Gasteiger partial charge is 0.255 e. The fourth-order valence-corrected chi connectivity index (χ4v) is 3.54. The summed E-state index contributed by atoms with van der Waals surface area (Å²) in [5.74, 6) is -1.35.